The van der Waals surface area contributed by atoms with E-state index >= 15 is 0 Å². The summed E-state index contributed by atoms with van der Waals surface area (Å²) in [6, 6.07) is 18.3. The molecule has 7 nitrogen and oxygen atoms in total. The minimum atomic E-state index is -0.560. The summed E-state index contributed by atoms with van der Waals surface area (Å²) in [7, 11) is 1.63. The fraction of sp³-hybridized carbons (Fsp3) is 0.192. The number of anilines is 1. The summed E-state index contributed by atoms with van der Waals surface area (Å²) in [6.45, 7) is 3.76. The monoisotopic (exact) mass is 525 g/mol. The van der Waals surface area contributed by atoms with Gasteiger partial charge < -0.3 is 15.4 Å². The fourth-order valence-electron chi connectivity index (χ4n) is 3.60. The molecule has 1 heterocycles. The van der Waals surface area contributed by atoms with Crippen molar-refractivity contribution in [1.29, 1.82) is 0 Å². The number of ether oxygens (including phenoxy) is 1. The number of rotatable bonds is 8. The molecule has 0 saturated carbocycles. The van der Waals surface area contributed by atoms with Gasteiger partial charge in [-0.1, -0.05) is 53.7 Å². The second-order valence-electron chi connectivity index (χ2n) is 8.05. The highest BCUT2D eigenvalue weighted by Crippen LogP contribution is 2.31. The SMILES string of the molecule is COc1cccc(CSc2nnc(C(C)NC(=O)Nc3ccccc3F)n2-c2cc(Cl)ccc2C)c1. The number of thioether (sulfide) groups is 1. The number of aromatic nitrogens is 3. The number of halogens is 2. The van der Waals surface area contributed by atoms with Crippen molar-refractivity contribution in [2.75, 3.05) is 12.4 Å². The third kappa shape index (κ3) is 5.98. The van der Waals surface area contributed by atoms with Gasteiger partial charge in [-0.3, -0.25) is 4.57 Å². The minimum Gasteiger partial charge on any atom is -0.497 e. The van der Waals surface area contributed by atoms with E-state index in [1.54, 1.807) is 26.2 Å². The van der Waals surface area contributed by atoms with Gasteiger partial charge in [0.1, 0.15) is 11.6 Å². The number of para-hydroxylation sites is 1. The maximum absolute atomic E-state index is 14.0. The van der Waals surface area contributed by atoms with Crippen molar-refractivity contribution in [1.82, 2.24) is 20.1 Å². The van der Waals surface area contributed by atoms with Crippen LogP contribution in [-0.4, -0.2) is 27.9 Å². The van der Waals surface area contributed by atoms with E-state index in [1.165, 1.54) is 23.9 Å². The molecule has 3 aromatic carbocycles. The number of nitrogens with one attached hydrogen (secondary N) is 2. The van der Waals surface area contributed by atoms with E-state index < -0.39 is 17.9 Å². The second kappa shape index (κ2) is 11.5. The molecular formula is C26H25ClFN5O2S. The highest BCUT2D eigenvalue weighted by Gasteiger charge is 2.22. The number of carbonyl (C=O) groups excluding carboxylic acids is 1. The van der Waals surface area contributed by atoms with Gasteiger partial charge in [0.2, 0.25) is 0 Å². The zero-order valence-corrected chi connectivity index (χ0v) is 21.5. The number of carbonyl (C=O) groups is 1. The van der Waals surface area contributed by atoms with Gasteiger partial charge in [0.15, 0.2) is 11.0 Å². The number of hydrogen-bond acceptors (Lipinski definition) is 5. The van der Waals surface area contributed by atoms with Gasteiger partial charge in [-0.2, -0.15) is 0 Å². The summed E-state index contributed by atoms with van der Waals surface area (Å²) >= 11 is 7.83. The van der Waals surface area contributed by atoms with Gasteiger partial charge in [-0.05, 0) is 61.4 Å². The van der Waals surface area contributed by atoms with E-state index in [2.05, 4.69) is 20.8 Å². The van der Waals surface area contributed by atoms with E-state index in [-0.39, 0.29) is 5.69 Å². The minimum absolute atomic E-state index is 0.0869. The second-order valence-corrected chi connectivity index (χ2v) is 9.43. The van der Waals surface area contributed by atoms with Crippen LogP contribution < -0.4 is 15.4 Å². The molecule has 1 atom stereocenters. The first-order valence-corrected chi connectivity index (χ1v) is 12.5. The Morgan fingerprint density at radius 1 is 1.14 bits per heavy atom. The Bertz CT molecular complexity index is 1380. The van der Waals surface area contributed by atoms with E-state index in [9.17, 15) is 9.18 Å². The molecule has 1 aromatic heterocycles. The summed E-state index contributed by atoms with van der Waals surface area (Å²) in [5.41, 5.74) is 2.92. The first-order valence-electron chi connectivity index (χ1n) is 11.2. The number of hydrogen-bond donors (Lipinski definition) is 2. The molecule has 0 aliphatic heterocycles. The van der Waals surface area contributed by atoms with Crippen molar-refractivity contribution < 1.29 is 13.9 Å². The lowest BCUT2D eigenvalue weighted by atomic mass is 10.2. The van der Waals surface area contributed by atoms with E-state index in [0.717, 1.165) is 22.6 Å². The molecular weight excluding hydrogens is 501 g/mol. The number of nitrogens with zero attached hydrogens (tertiary/aromatic N) is 3. The van der Waals surface area contributed by atoms with Crippen molar-refractivity contribution in [3.05, 3.63) is 94.5 Å². The smallest absolute Gasteiger partial charge is 0.319 e. The van der Waals surface area contributed by atoms with Gasteiger partial charge in [0.05, 0.1) is 24.5 Å². The van der Waals surface area contributed by atoms with Crippen LogP contribution in [0.25, 0.3) is 5.69 Å². The van der Waals surface area contributed by atoms with Crippen molar-refractivity contribution in [3.8, 4) is 11.4 Å². The molecule has 2 amide bonds. The van der Waals surface area contributed by atoms with E-state index in [1.807, 2.05) is 54.0 Å². The summed E-state index contributed by atoms with van der Waals surface area (Å²) < 4.78 is 21.2. The Hall–Kier alpha value is -3.56. The molecule has 2 N–H and O–H groups in total. The van der Waals surface area contributed by atoms with E-state index in [4.69, 9.17) is 16.3 Å². The molecule has 4 aromatic rings. The Labute approximate surface area is 218 Å². The molecule has 186 valence electrons. The van der Waals surface area contributed by atoms with Crippen LogP contribution >= 0.6 is 23.4 Å². The Kier molecular flexibility index (Phi) is 8.12. The van der Waals surface area contributed by atoms with Crippen LogP contribution in [0.1, 0.15) is 29.9 Å². The van der Waals surface area contributed by atoms with Gasteiger partial charge in [-0.15, -0.1) is 10.2 Å². The van der Waals surface area contributed by atoms with Gasteiger partial charge in [0, 0.05) is 10.8 Å². The first kappa shape index (κ1) is 25.5. The lowest BCUT2D eigenvalue weighted by Crippen LogP contribution is -2.32. The van der Waals surface area contributed by atoms with Crippen LogP contribution in [0.5, 0.6) is 5.75 Å². The predicted molar refractivity (Wildman–Crippen MR) is 141 cm³/mol. The lowest BCUT2D eigenvalue weighted by Gasteiger charge is -2.18. The quantitative estimate of drug-likeness (QED) is 0.255. The Balaban J connectivity index is 1.62. The maximum Gasteiger partial charge on any atom is 0.319 e. The molecule has 0 fully saturated rings. The maximum atomic E-state index is 14.0. The van der Waals surface area contributed by atoms with Crippen LogP contribution in [0.4, 0.5) is 14.9 Å². The molecule has 4 rings (SSSR count). The van der Waals surface area contributed by atoms with E-state index in [0.29, 0.717) is 21.8 Å². The average molecular weight is 526 g/mol. The number of urea groups is 1. The van der Waals surface area contributed by atoms with Crippen molar-refractivity contribution in [2.45, 2.75) is 30.8 Å². The van der Waals surface area contributed by atoms with Crippen molar-refractivity contribution >= 4 is 35.1 Å². The molecule has 0 radical (unpaired) electrons. The number of methoxy groups -OCH3 is 1. The summed E-state index contributed by atoms with van der Waals surface area (Å²) in [4.78, 5) is 12.6. The standard InChI is InChI=1S/C26H25ClFN5O2S/c1-16-11-12-19(27)14-23(16)33-24(17(2)29-25(34)30-22-10-5-4-9-21(22)28)31-32-26(33)36-15-18-7-6-8-20(13-18)35-3/h4-14,17H,15H2,1-3H3,(H2,29,30,34). The molecule has 36 heavy (non-hydrogen) atoms. The van der Waals surface area contributed by atoms with Gasteiger partial charge in [0.25, 0.3) is 0 Å². The van der Waals surface area contributed by atoms with Crippen LogP contribution in [0, 0.1) is 12.7 Å². The normalized spacial score (nSPS) is 11.7. The van der Waals surface area contributed by atoms with Crippen LogP contribution in [0.3, 0.4) is 0 Å². The lowest BCUT2D eigenvalue weighted by molar-refractivity contribution is 0.248. The van der Waals surface area contributed by atoms with Gasteiger partial charge >= 0.3 is 6.03 Å². The third-order valence-corrected chi connectivity index (χ3v) is 6.66. The van der Waals surface area contributed by atoms with Crippen LogP contribution in [0.2, 0.25) is 5.02 Å². The number of aryl methyl sites for hydroxylation is 1. The Morgan fingerprint density at radius 2 is 1.94 bits per heavy atom. The topological polar surface area (TPSA) is 81.1 Å². The van der Waals surface area contributed by atoms with Gasteiger partial charge in [-0.25, -0.2) is 9.18 Å². The zero-order valence-electron chi connectivity index (χ0n) is 20.0. The molecule has 10 heteroatoms. The first-order chi connectivity index (χ1) is 17.4. The highest BCUT2D eigenvalue weighted by molar-refractivity contribution is 7.98. The Morgan fingerprint density at radius 3 is 2.72 bits per heavy atom. The zero-order chi connectivity index (χ0) is 25.7. The number of benzene rings is 3. The van der Waals surface area contributed by atoms with Crippen LogP contribution in [0.15, 0.2) is 71.9 Å². The van der Waals surface area contributed by atoms with Crippen molar-refractivity contribution in [2.24, 2.45) is 0 Å². The third-order valence-electron chi connectivity index (χ3n) is 5.43. The molecule has 0 aliphatic carbocycles. The fourth-order valence-corrected chi connectivity index (χ4v) is 4.66. The molecule has 0 spiro atoms. The van der Waals surface area contributed by atoms with Crippen molar-refractivity contribution in [3.63, 3.8) is 0 Å². The molecule has 1 unspecified atom stereocenters. The molecule has 0 saturated heterocycles. The highest BCUT2D eigenvalue weighted by atomic mass is 35.5. The van der Waals surface area contributed by atoms with Crippen LogP contribution in [-0.2, 0) is 5.75 Å². The molecule has 0 bridgehead atoms. The summed E-state index contributed by atoms with van der Waals surface area (Å²) in [6.07, 6.45) is 0. The summed E-state index contributed by atoms with van der Waals surface area (Å²) in [5, 5.41) is 15.4. The average Bonchev–Trinajstić information content (AvgIpc) is 3.29. The number of amides is 2. The molecule has 0 aliphatic rings. The predicted octanol–water partition coefficient (Wildman–Crippen LogP) is 6.55. The summed E-state index contributed by atoms with van der Waals surface area (Å²) in [5.74, 6) is 1.40. The largest absolute Gasteiger partial charge is 0.497 e.